The quantitative estimate of drug-likeness (QED) is 0.750. The highest BCUT2D eigenvalue weighted by atomic mass is 16.1. The molecule has 0 aliphatic rings. The first kappa shape index (κ1) is 12.3. The molecule has 0 unspecified atom stereocenters. The van der Waals surface area contributed by atoms with Crippen LogP contribution in [0, 0.1) is 27.7 Å². The van der Waals surface area contributed by atoms with E-state index in [-0.39, 0.29) is 5.78 Å². The van der Waals surface area contributed by atoms with Crippen LogP contribution in [0.4, 0.5) is 0 Å². The number of ketones is 1. The van der Waals surface area contributed by atoms with Gasteiger partial charge in [0.15, 0.2) is 0 Å². The van der Waals surface area contributed by atoms with E-state index in [1.807, 2.05) is 0 Å². The molecule has 2 rings (SSSR count). The van der Waals surface area contributed by atoms with Crippen LogP contribution in [-0.2, 0) is 0 Å². The number of nitrogens with zero attached hydrogens (tertiary/aromatic N) is 4. The van der Waals surface area contributed by atoms with Gasteiger partial charge < -0.3 is 0 Å². The van der Waals surface area contributed by atoms with Crippen molar-refractivity contribution in [2.24, 2.45) is 0 Å². The molecule has 2 aromatic rings. The van der Waals surface area contributed by atoms with Crippen molar-refractivity contribution >= 4 is 5.78 Å². The topological polar surface area (TPSA) is 68.6 Å². The maximum atomic E-state index is 12.4. The molecule has 0 amide bonds. The van der Waals surface area contributed by atoms with Gasteiger partial charge in [-0.05, 0) is 27.7 Å². The highest BCUT2D eigenvalue weighted by molar-refractivity contribution is 6.07. The Labute approximate surface area is 105 Å². The van der Waals surface area contributed by atoms with Gasteiger partial charge in [-0.1, -0.05) is 0 Å². The molecule has 0 fully saturated rings. The minimum Gasteiger partial charge on any atom is -0.285 e. The highest BCUT2D eigenvalue weighted by Crippen LogP contribution is 2.11. The fourth-order valence-corrected chi connectivity index (χ4v) is 1.62. The lowest BCUT2D eigenvalue weighted by Crippen LogP contribution is -2.13. The molecule has 0 saturated carbocycles. The van der Waals surface area contributed by atoms with E-state index < -0.39 is 0 Å². The predicted octanol–water partition coefficient (Wildman–Crippen LogP) is 1.73. The summed E-state index contributed by atoms with van der Waals surface area (Å²) in [5, 5.41) is 0. The minimum absolute atomic E-state index is 0.225. The van der Waals surface area contributed by atoms with E-state index in [0.717, 1.165) is 0 Å². The Bertz CT molecular complexity index is 569. The Balaban J connectivity index is 2.54. The van der Waals surface area contributed by atoms with Gasteiger partial charge in [0.1, 0.15) is 11.4 Å². The van der Waals surface area contributed by atoms with E-state index in [9.17, 15) is 4.79 Å². The lowest BCUT2D eigenvalue weighted by molar-refractivity contribution is 0.102. The predicted molar refractivity (Wildman–Crippen MR) is 66.4 cm³/mol. The van der Waals surface area contributed by atoms with E-state index in [2.05, 4.69) is 19.9 Å². The summed E-state index contributed by atoms with van der Waals surface area (Å²) in [6.45, 7) is 7.13. The second kappa shape index (κ2) is 4.60. The molecule has 0 bridgehead atoms. The summed E-state index contributed by atoms with van der Waals surface area (Å²) in [5.74, 6) is -0.225. The molecule has 92 valence electrons. The molecule has 0 aliphatic heterocycles. The molecule has 18 heavy (non-hydrogen) atoms. The summed E-state index contributed by atoms with van der Waals surface area (Å²) in [6, 6.07) is 0. The Morgan fingerprint density at radius 1 is 0.833 bits per heavy atom. The van der Waals surface area contributed by atoms with Crippen LogP contribution in [0.5, 0.6) is 0 Å². The molecular formula is C13H14N4O. The van der Waals surface area contributed by atoms with Crippen molar-refractivity contribution in [2.75, 3.05) is 0 Å². The zero-order valence-corrected chi connectivity index (χ0v) is 10.9. The first-order chi connectivity index (χ1) is 8.49. The number of hydrogen-bond donors (Lipinski definition) is 0. The van der Waals surface area contributed by atoms with Gasteiger partial charge >= 0.3 is 0 Å². The van der Waals surface area contributed by atoms with Crippen molar-refractivity contribution in [1.82, 2.24) is 19.9 Å². The van der Waals surface area contributed by atoms with E-state index in [0.29, 0.717) is 34.2 Å². The molecule has 0 radical (unpaired) electrons. The van der Waals surface area contributed by atoms with Crippen LogP contribution in [0.1, 0.15) is 39.0 Å². The number of hydrogen-bond acceptors (Lipinski definition) is 5. The molecular weight excluding hydrogens is 228 g/mol. The van der Waals surface area contributed by atoms with Crippen LogP contribution in [0.15, 0.2) is 12.4 Å². The normalized spacial score (nSPS) is 10.4. The van der Waals surface area contributed by atoms with Gasteiger partial charge in [-0.3, -0.25) is 14.8 Å². The van der Waals surface area contributed by atoms with Gasteiger partial charge in [0.05, 0.1) is 22.8 Å². The summed E-state index contributed by atoms with van der Waals surface area (Å²) >= 11 is 0. The van der Waals surface area contributed by atoms with Crippen LogP contribution in [-0.4, -0.2) is 25.7 Å². The molecule has 0 atom stereocenters. The first-order valence-corrected chi connectivity index (χ1v) is 5.64. The van der Waals surface area contributed by atoms with Crippen molar-refractivity contribution < 1.29 is 4.79 Å². The highest BCUT2D eigenvalue weighted by Gasteiger charge is 2.19. The molecule has 5 nitrogen and oxygen atoms in total. The van der Waals surface area contributed by atoms with Crippen molar-refractivity contribution in [1.29, 1.82) is 0 Å². The van der Waals surface area contributed by atoms with E-state index in [4.69, 9.17) is 0 Å². The average molecular weight is 242 g/mol. The van der Waals surface area contributed by atoms with Gasteiger partial charge in [0.25, 0.3) is 0 Å². The van der Waals surface area contributed by atoms with Gasteiger partial charge in [-0.15, -0.1) is 0 Å². The van der Waals surface area contributed by atoms with Crippen LogP contribution in [0.25, 0.3) is 0 Å². The first-order valence-electron chi connectivity index (χ1n) is 5.64. The Kier molecular flexibility index (Phi) is 3.14. The fourth-order valence-electron chi connectivity index (χ4n) is 1.62. The molecule has 0 aliphatic carbocycles. The summed E-state index contributed by atoms with van der Waals surface area (Å²) < 4.78 is 0. The summed E-state index contributed by atoms with van der Waals surface area (Å²) in [5.41, 5.74) is 3.32. The maximum absolute atomic E-state index is 12.4. The lowest BCUT2D eigenvalue weighted by Gasteiger charge is -2.06. The Morgan fingerprint density at radius 2 is 1.22 bits per heavy atom. The molecule has 2 heterocycles. The van der Waals surface area contributed by atoms with Crippen molar-refractivity contribution in [3.05, 3.63) is 46.6 Å². The zero-order chi connectivity index (χ0) is 13.3. The lowest BCUT2D eigenvalue weighted by atomic mass is 10.1. The summed E-state index contributed by atoms with van der Waals surface area (Å²) in [4.78, 5) is 29.2. The van der Waals surface area contributed by atoms with Crippen LogP contribution < -0.4 is 0 Å². The molecule has 0 saturated heterocycles. The summed E-state index contributed by atoms with van der Waals surface area (Å²) in [6.07, 6.45) is 3.28. The Hall–Kier alpha value is -2.17. The summed E-state index contributed by atoms with van der Waals surface area (Å²) in [7, 11) is 0. The Morgan fingerprint density at radius 3 is 1.61 bits per heavy atom. The van der Waals surface area contributed by atoms with Crippen LogP contribution in [0.2, 0.25) is 0 Å². The molecule has 2 aromatic heterocycles. The number of aryl methyl sites for hydroxylation is 4. The van der Waals surface area contributed by atoms with E-state index in [1.165, 1.54) is 0 Å². The minimum atomic E-state index is -0.225. The number of carbonyl (C=O) groups is 1. The number of rotatable bonds is 2. The number of aromatic nitrogens is 4. The van der Waals surface area contributed by atoms with Gasteiger partial charge in [-0.2, -0.15) is 0 Å². The van der Waals surface area contributed by atoms with Crippen molar-refractivity contribution in [3.63, 3.8) is 0 Å². The molecule has 0 spiro atoms. The second-order valence-corrected chi connectivity index (χ2v) is 4.22. The second-order valence-electron chi connectivity index (χ2n) is 4.22. The van der Waals surface area contributed by atoms with Crippen LogP contribution >= 0.6 is 0 Å². The van der Waals surface area contributed by atoms with E-state index in [1.54, 1.807) is 40.1 Å². The fraction of sp³-hybridized carbons (Fsp3) is 0.308. The molecule has 5 heteroatoms. The smallest absolute Gasteiger partial charge is 0.233 e. The molecule has 0 N–H and O–H groups in total. The third-order valence-electron chi connectivity index (χ3n) is 2.58. The maximum Gasteiger partial charge on any atom is 0.233 e. The van der Waals surface area contributed by atoms with E-state index >= 15 is 0 Å². The van der Waals surface area contributed by atoms with Crippen molar-refractivity contribution in [2.45, 2.75) is 27.7 Å². The van der Waals surface area contributed by atoms with Crippen molar-refractivity contribution in [3.8, 4) is 0 Å². The monoisotopic (exact) mass is 242 g/mol. The van der Waals surface area contributed by atoms with Crippen LogP contribution in [0.3, 0.4) is 0 Å². The van der Waals surface area contributed by atoms with Gasteiger partial charge in [-0.25, -0.2) is 9.97 Å². The zero-order valence-electron chi connectivity index (χ0n) is 10.9. The van der Waals surface area contributed by atoms with Gasteiger partial charge in [0.2, 0.25) is 5.78 Å². The third-order valence-corrected chi connectivity index (χ3v) is 2.58. The average Bonchev–Trinajstić information content (AvgIpc) is 2.34. The number of carbonyl (C=O) groups excluding carboxylic acids is 1. The SMILES string of the molecule is Cc1cnc(C)c(C(=O)c2nc(C)cnc2C)n1. The molecule has 0 aromatic carbocycles. The third kappa shape index (κ3) is 2.25. The largest absolute Gasteiger partial charge is 0.285 e. The standard InChI is InChI=1S/C13H14N4O/c1-7-5-14-9(3)11(16-7)13(18)12-10(4)15-6-8(2)17-12/h5-6H,1-4H3. The van der Waals surface area contributed by atoms with Gasteiger partial charge in [0, 0.05) is 12.4 Å².